The Morgan fingerprint density at radius 1 is 0.975 bits per heavy atom. The summed E-state index contributed by atoms with van der Waals surface area (Å²) in [5, 5.41) is 20.0. The minimum absolute atomic E-state index is 0.00373. The van der Waals surface area contributed by atoms with Crippen LogP contribution in [0.1, 0.15) is 56.1 Å². The van der Waals surface area contributed by atoms with Crippen molar-refractivity contribution >= 4 is 5.97 Å². The van der Waals surface area contributed by atoms with E-state index >= 15 is 0 Å². The summed E-state index contributed by atoms with van der Waals surface area (Å²) in [5.74, 6) is -0.210. The first kappa shape index (κ1) is 28.1. The normalized spacial score (nSPS) is 25.5. The minimum atomic E-state index is -0.745. The maximum atomic E-state index is 11.0. The van der Waals surface area contributed by atoms with E-state index in [0.717, 1.165) is 24.8 Å². The first-order valence-electron chi connectivity index (χ1n) is 14.5. The summed E-state index contributed by atoms with van der Waals surface area (Å²) in [5.41, 5.74) is 4.77. The van der Waals surface area contributed by atoms with Gasteiger partial charge >= 0.3 is 5.97 Å². The molecular formula is C36H40O4. The summed E-state index contributed by atoms with van der Waals surface area (Å²) < 4.78 is 6.39. The quantitative estimate of drug-likeness (QED) is 0.185. The summed E-state index contributed by atoms with van der Waals surface area (Å²) in [7, 11) is 0. The van der Waals surface area contributed by atoms with Gasteiger partial charge in [-0.3, -0.25) is 4.79 Å². The lowest BCUT2D eigenvalue weighted by molar-refractivity contribution is -0.137. The Morgan fingerprint density at radius 3 is 2.35 bits per heavy atom. The van der Waals surface area contributed by atoms with Gasteiger partial charge in [-0.15, -0.1) is 0 Å². The van der Waals surface area contributed by atoms with Crippen molar-refractivity contribution in [2.45, 2.75) is 62.6 Å². The Hall–Kier alpha value is -3.47. The molecule has 1 heterocycles. The first-order valence-corrected chi connectivity index (χ1v) is 14.5. The number of rotatable bonds is 12. The van der Waals surface area contributed by atoms with Gasteiger partial charge in [-0.1, -0.05) is 116 Å². The number of aliphatic hydroxyl groups is 1. The largest absolute Gasteiger partial charge is 0.481 e. The Morgan fingerprint density at radius 2 is 1.65 bits per heavy atom. The first-order chi connectivity index (χ1) is 19.5. The Bertz CT molecular complexity index is 1300. The van der Waals surface area contributed by atoms with Crippen LogP contribution < -0.4 is 0 Å². The minimum Gasteiger partial charge on any atom is -0.481 e. The molecular weight excluding hydrogens is 496 g/mol. The molecule has 1 aliphatic heterocycles. The molecule has 2 aliphatic rings. The number of hydrogen-bond acceptors (Lipinski definition) is 3. The highest BCUT2D eigenvalue weighted by molar-refractivity contribution is 5.66. The summed E-state index contributed by atoms with van der Waals surface area (Å²) in [4.78, 5) is 10.9. The van der Waals surface area contributed by atoms with Gasteiger partial charge in [0.1, 0.15) is 0 Å². The van der Waals surface area contributed by atoms with Crippen molar-refractivity contribution in [2.75, 3.05) is 6.61 Å². The van der Waals surface area contributed by atoms with E-state index in [1.165, 1.54) is 16.7 Å². The molecule has 208 valence electrons. The zero-order chi connectivity index (χ0) is 28.0. The molecule has 0 amide bonds. The van der Waals surface area contributed by atoms with Crippen LogP contribution in [-0.2, 0) is 14.9 Å². The Kier molecular flexibility index (Phi) is 8.98. The maximum Gasteiger partial charge on any atom is 0.303 e. The van der Waals surface area contributed by atoms with Crippen molar-refractivity contribution in [1.82, 2.24) is 0 Å². The van der Waals surface area contributed by atoms with Crippen LogP contribution in [0.4, 0.5) is 0 Å². The molecule has 5 rings (SSSR count). The molecule has 2 bridgehead atoms. The van der Waals surface area contributed by atoms with Gasteiger partial charge in [0, 0.05) is 23.7 Å². The lowest BCUT2D eigenvalue weighted by Gasteiger charge is -2.38. The zero-order valence-electron chi connectivity index (χ0n) is 23.2. The van der Waals surface area contributed by atoms with Crippen LogP contribution in [0.25, 0.3) is 11.1 Å². The third-order valence-electron chi connectivity index (χ3n) is 8.98. The SMILES string of the molecule is CC(c1ccccc1)[C@@H](O)C=C[C@@H]1[C@@H]2C[C@@](c3ccc(-c4ccccc4)cc3)(CO2)[C@H]1CC=CCCCC(=O)O. The fourth-order valence-electron chi connectivity index (χ4n) is 6.64. The van der Waals surface area contributed by atoms with Crippen molar-refractivity contribution in [3.05, 3.63) is 120 Å². The molecule has 1 saturated heterocycles. The molecule has 3 aromatic rings. The molecule has 2 fully saturated rings. The van der Waals surface area contributed by atoms with Gasteiger partial charge in [0.25, 0.3) is 0 Å². The van der Waals surface area contributed by atoms with E-state index in [0.29, 0.717) is 18.9 Å². The highest BCUT2D eigenvalue weighted by Gasteiger charge is 2.58. The van der Waals surface area contributed by atoms with Crippen LogP contribution in [0.2, 0.25) is 0 Å². The van der Waals surface area contributed by atoms with Gasteiger partial charge in [-0.05, 0) is 53.9 Å². The zero-order valence-corrected chi connectivity index (χ0v) is 23.2. The van der Waals surface area contributed by atoms with Crippen molar-refractivity contribution < 1.29 is 19.7 Å². The van der Waals surface area contributed by atoms with E-state index < -0.39 is 12.1 Å². The monoisotopic (exact) mass is 536 g/mol. The van der Waals surface area contributed by atoms with Gasteiger partial charge < -0.3 is 14.9 Å². The van der Waals surface area contributed by atoms with E-state index in [1.807, 2.05) is 30.3 Å². The fourth-order valence-corrected chi connectivity index (χ4v) is 6.64. The predicted octanol–water partition coefficient (Wildman–Crippen LogP) is 7.55. The van der Waals surface area contributed by atoms with Crippen LogP contribution >= 0.6 is 0 Å². The molecule has 2 N–H and O–H groups in total. The molecule has 6 atom stereocenters. The maximum absolute atomic E-state index is 11.0. The standard InChI is InChI=1S/C36H40O4/c1-26(27-12-6-4-7-13-27)33(37)23-22-31-32(16-10-2-3-11-17-35(38)39)36(24-34(31)40-25-36)30-20-18-29(19-21-30)28-14-8-5-9-15-28/h2,4-10,12-15,18-23,26,31-34,37H,3,11,16-17,24-25H2,1H3,(H,38,39)/t26?,31-,32-,33-,34-,36-/m0/s1. The lowest BCUT2D eigenvalue weighted by Crippen LogP contribution is -2.39. The van der Waals surface area contributed by atoms with E-state index in [-0.39, 0.29) is 29.8 Å². The highest BCUT2D eigenvalue weighted by atomic mass is 16.5. The fraction of sp³-hybridized carbons (Fsp3) is 0.361. The van der Waals surface area contributed by atoms with Crippen molar-refractivity contribution in [1.29, 1.82) is 0 Å². The Balaban J connectivity index is 1.37. The van der Waals surface area contributed by atoms with Crippen LogP contribution in [0.3, 0.4) is 0 Å². The second kappa shape index (κ2) is 12.8. The second-order valence-electron chi connectivity index (χ2n) is 11.4. The molecule has 1 aliphatic carbocycles. The molecule has 40 heavy (non-hydrogen) atoms. The second-order valence-corrected chi connectivity index (χ2v) is 11.4. The third kappa shape index (κ3) is 6.14. The van der Waals surface area contributed by atoms with Gasteiger partial charge in [0.05, 0.1) is 18.8 Å². The Labute approximate surface area is 238 Å². The van der Waals surface area contributed by atoms with Crippen LogP contribution in [0.15, 0.2) is 109 Å². The molecule has 4 nitrogen and oxygen atoms in total. The number of fused-ring (bicyclic) bond motifs is 2. The van der Waals surface area contributed by atoms with E-state index in [2.05, 4.69) is 85.8 Å². The van der Waals surface area contributed by atoms with Gasteiger partial charge in [-0.2, -0.15) is 0 Å². The summed E-state index contributed by atoms with van der Waals surface area (Å²) in [6.07, 6.45) is 11.6. The number of carboxylic acid groups (broad SMARTS) is 1. The van der Waals surface area contributed by atoms with E-state index in [9.17, 15) is 9.90 Å². The van der Waals surface area contributed by atoms with Crippen LogP contribution in [0, 0.1) is 11.8 Å². The molecule has 4 heteroatoms. The average Bonchev–Trinajstić information content (AvgIpc) is 3.56. The summed E-state index contributed by atoms with van der Waals surface area (Å²) in [6, 6.07) is 29.6. The number of hydrogen-bond donors (Lipinski definition) is 2. The molecule has 0 spiro atoms. The van der Waals surface area contributed by atoms with Gasteiger partial charge in [-0.25, -0.2) is 0 Å². The molecule has 3 aromatic carbocycles. The number of benzene rings is 3. The average molecular weight is 537 g/mol. The number of allylic oxidation sites excluding steroid dienone is 2. The number of aliphatic carboxylic acids is 1. The van der Waals surface area contributed by atoms with Gasteiger partial charge in [0.2, 0.25) is 0 Å². The van der Waals surface area contributed by atoms with Crippen molar-refractivity contribution in [2.24, 2.45) is 11.8 Å². The summed E-state index contributed by atoms with van der Waals surface area (Å²) in [6.45, 7) is 2.77. The number of carboxylic acids is 1. The van der Waals surface area contributed by atoms with E-state index in [4.69, 9.17) is 9.84 Å². The number of aliphatic hydroxyl groups excluding tert-OH is 1. The molecule has 0 aromatic heterocycles. The van der Waals surface area contributed by atoms with Crippen molar-refractivity contribution in [3.8, 4) is 11.1 Å². The predicted molar refractivity (Wildman–Crippen MR) is 160 cm³/mol. The molecule has 1 saturated carbocycles. The molecule has 0 radical (unpaired) electrons. The third-order valence-corrected chi connectivity index (χ3v) is 8.98. The highest BCUT2D eigenvalue weighted by Crippen LogP contribution is 2.57. The van der Waals surface area contributed by atoms with Gasteiger partial charge in [0.15, 0.2) is 0 Å². The van der Waals surface area contributed by atoms with Crippen molar-refractivity contribution in [3.63, 3.8) is 0 Å². The molecule has 1 unspecified atom stereocenters. The van der Waals surface area contributed by atoms with E-state index in [1.54, 1.807) is 0 Å². The number of ether oxygens (including phenoxy) is 1. The van der Waals surface area contributed by atoms with Crippen LogP contribution in [-0.4, -0.2) is 35.0 Å². The smallest absolute Gasteiger partial charge is 0.303 e. The number of carbonyl (C=O) groups is 1. The lowest BCUT2D eigenvalue weighted by atomic mass is 9.69. The topological polar surface area (TPSA) is 66.8 Å². The number of unbranched alkanes of at least 4 members (excludes halogenated alkanes) is 1. The van der Waals surface area contributed by atoms with Crippen LogP contribution in [0.5, 0.6) is 0 Å². The summed E-state index contributed by atoms with van der Waals surface area (Å²) >= 11 is 0.